The number of esters is 1. The molecular formula is C18H16ClN3O6. The molecule has 2 rings (SSSR count). The summed E-state index contributed by atoms with van der Waals surface area (Å²) in [6.45, 7) is 2.99. The lowest BCUT2D eigenvalue weighted by atomic mass is 10.1. The molecule has 0 radical (unpaired) electrons. The molecular weight excluding hydrogens is 390 g/mol. The summed E-state index contributed by atoms with van der Waals surface area (Å²) in [6, 6.07) is 7.53. The fourth-order valence-corrected chi connectivity index (χ4v) is 2.64. The zero-order valence-corrected chi connectivity index (χ0v) is 15.9. The van der Waals surface area contributed by atoms with Gasteiger partial charge in [0.15, 0.2) is 5.75 Å². The first-order valence-electron chi connectivity index (χ1n) is 7.88. The molecule has 2 aromatic carbocycles. The zero-order valence-electron chi connectivity index (χ0n) is 15.2. The summed E-state index contributed by atoms with van der Waals surface area (Å²) >= 11 is 6.03. The number of hydrogen-bond donors (Lipinski definition) is 1. The highest BCUT2D eigenvalue weighted by Crippen LogP contribution is 2.39. The number of aryl methyl sites for hydroxylation is 1. The van der Waals surface area contributed by atoms with Gasteiger partial charge in [0, 0.05) is 6.92 Å². The van der Waals surface area contributed by atoms with Crippen molar-refractivity contribution in [1.29, 1.82) is 0 Å². The predicted octanol–water partition coefficient (Wildman–Crippen LogP) is 3.25. The molecule has 2 aromatic rings. The second-order valence-corrected chi connectivity index (χ2v) is 5.98. The van der Waals surface area contributed by atoms with Crippen LogP contribution in [0.3, 0.4) is 0 Å². The second kappa shape index (κ2) is 8.96. The minimum atomic E-state index is -0.703. The van der Waals surface area contributed by atoms with Crippen LogP contribution in [0.4, 0.5) is 5.69 Å². The van der Waals surface area contributed by atoms with Gasteiger partial charge in [-0.25, -0.2) is 5.43 Å². The number of amides is 1. The molecule has 0 aliphatic carbocycles. The van der Waals surface area contributed by atoms with Crippen molar-refractivity contribution in [2.24, 2.45) is 5.10 Å². The van der Waals surface area contributed by atoms with E-state index in [1.165, 1.54) is 19.2 Å². The number of nitro groups is 1. The Labute approximate surface area is 165 Å². The van der Waals surface area contributed by atoms with Gasteiger partial charge in [0.1, 0.15) is 0 Å². The topological polar surface area (TPSA) is 120 Å². The van der Waals surface area contributed by atoms with Crippen molar-refractivity contribution in [3.8, 4) is 11.5 Å². The summed E-state index contributed by atoms with van der Waals surface area (Å²) in [4.78, 5) is 34.1. The first kappa shape index (κ1) is 20.8. The van der Waals surface area contributed by atoms with Gasteiger partial charge in [-0.15, -0.1) is 0 Å². The van der Waals surface area contributed by atoms with Crippen LogP contribution in [0.5, 0.6) is 11.5 Å². The number of carbonyl (C=O) groups excluding carboxylic acids is 2. The van der Waals surface area contributed by atoms with E-state index in [2.05, 4.69) is 10.5 Å². The van der Waals surface area contributed by atoms with E-state index in [1.54, 1.807) is 18.2 Å². The number of nitrogens with one attached hydrogen (secondary N) is 1. The lowest BCUT2D eigenvalue weighted by molar-refractivity contribution is -0.385. The lowest BCUT2D eigenvalue weighted by Gasteiger charge is -2.09. The monoisotopic (exact) mass is 405 g/mol. The van der Waals surface area contributed by atoms with E-state index in [4.69, 9.17) is 21.1 Å². The van der Waals surface area contributed by atoms with Crippen LogP contribution < -0.4 is 14.9 Å². The Morgan fingerprint density at radius 2 is 2.00 bits per heavy atom. The Kier molecular flexibility index (Phi) is 6.67. The van der Waals surface area contributed by atoms with Crippen molar-refractivity contribution in [3.63, 3.8) is 0 Å². The van der Waals surface area contributed by atoms with Crippen LogP contribution in [0, 0.1) is 17.0 Å². The summed E-state index contributed by atoms with van der Waals surface area (Å²) in [7, 11) is 1.21. The van der Waals surface area contributed by atoms with Crippen LogP contribution in [0.1, 0.15) is 28.4 Å². The van der Waals surface area contributed by atoms with Gasteiger partial charge in [-0.1, -0.05) is 17.7 Å². The molecule has 1 amide bonds. The maximum absolute atomic E-state index is 12.2. The first-order valence-corrected chi connectivity index (χ1v) is 8.25. The lowest BCUT2D eigenvalue weighted by Crippen LogP contribution is -2.18. The third-order valence-corrected chi connectivity index (χ3v) is 3.82. The van der Waals surface area contributed by atoms with Crippen LogP contribution in [0.2, 0.25) is 5.02 Å². The number of ether oxygens (including phenoxy) is 2. The van der Waals surface area contributed by atoms with Crippen molar-refractivity contribution in [1.82, 2.24) is 5.43 Å². The number of benzene rings is 2. The van der Waals surface area contributed by atoms with Gasteiger partial charge in [-0.3, -0.25) is 19.7 Å². The Morgan fingerprint density at radius 1 is 1.29 bits per heavy atom. The van der Waals surface area contributed by atoms with Gasteiger partial charge in [0.2, 0.25) is 5.75 Å². The van der Waals surface area contributed by atoms with Gasteiger partial charge < -0.3 is 9.47 Å². The molecule has 0 unspecified atom stereocenters. The number of rotatable bonds is 6. The zero-order chi connectivity index (χ0) is 20.8. The smallest absolute Gasteiger partial charge is 0.323 e. The number of nitrogens with zero attached hydrogens (tertiary/aromatic N) is 2. The van der Waals surface area contributed by atoms with Crippen molar-refractivity contribution in [3.05, 3.63) is 62.2 Å². The maximum Gasteiger partial charge on any atom is 0.323 e. The fourth-order valence-electron chi connectivity index (χ4n) is 2.32. The van der Waals surface area contributed by atoms with Gasteiger partial charge in [-0.2, -0.15) is 5.10 Å². The molecule has 0 saturated carbocycles. The number of nitro benzene ring substituents is 1. The molecule has 9 nitrogen and oxygen atoms in total. The van der Waals surface area contributed by atoms with E-state index >= 15 is 0 Å². The average Bonchev–Trinajstić information content (AvgIpc) is 2.61. The summed E-state index contributed by atoms with van der Waals surface area (Å²) in [5, 5.41) is 15.4. The van der Waals surface area contributed by atoms with E-state index in [9.17, 15) is 19.7 Å². The quantitative estimate of drug-likeness (QED) is 0.259. The largest absolute Gasteiger partial charge is 0.488 e. The van der Waals surface area contributed by atoms with E-state index in [0.717, 1.165) is 18.7 Å². The van der Waals surface area contributed by atoms with Gasteiger partial charge in [0.25, 0.3) is 5.91 Å². The van der Waals surface area contributed by atoms with Crippen molar-refractivity contribution in [2.45, 2.75) is 13.8 Å². The molecule has 0 heterocycles. The van der Waals surface area contributed by atoms with Crippen LogP contribution >= 0.6 is 11.6 Å². The van der Waals surface area contributed by atoms with Crippen LogP contribution in [0.15, 0.2) is 35.4 Å². The summed E-state index contributed by atoms with van der Waals surface area (Å²) in [5.74, 6) is -1.57. The predicted molar refractivity (Wildman–Crippen MR) is 102 cm³/mol. The Balaban J connectivity index is 2.30. The molecule has 0 bridgehead atoms. The van der Waals surface area contributed by atoms with E-state index < -0.39 is 22.5 Å². The Morgan fingerprint density at radius 3 is 2.57 bits per heavy atom. The SMILES string of the molecule is COc1c(OC(C)=O)ccc(/C=N/NC(=O)c2ccc(C)cc2Cl)c1[N+](=O)[O-]. The summed E-state index contributed by atoms with van der Waals surface area (Å²) < 4.78 is 9.93. The molecule has 0 spiro atoms. The molecule has 1 N–H and O–H groups in total. The molecule has 146 valence electrons. The highest BCUT2D eigenvalue weighted by molar-refractivity contribution is 6.33. The maximum atomic E-state index is 12.2. The number of hydrazone groups is 1. The van der Waals surface area contributed by atoms with Crippen LogP contribution in [-0.4, -0.2) is 30.1 Å². The third kappa shape index (κ3) is 4.83. The molecule has 10 heteroatoms. The minimum Gasteiger partial charge on any atom is -0.488 e. The minimum absolute atomic E-state index is 0.0352. The van der Waals surface area contributed by atoms with Crippen molar-refractivity contribution in [2.75, 3.05) is 7.11 Å². The molecule has 0 aliphatic heterocycles. The Hall–Kier alpha value is -3.46. The number of halogens is 1. The molecule has 0 fully saturated rings. The van der Waals surface area contributed by atoms with E-state index in [0.29, 0.717) is 0 Å². The number of methoxy groups -OCH3 is 1. The van der Waals surface area contributed by atoms with Gasteiger partial charge in [0.05, 0.1) is 34.4 Å². The van der Waals surface area contributed by atoms with Gasteiger partial charge in [-0.05, 0) is 36.8 Å². The third-order valence-electron chi connectivity index (χ3n) is 3.51. The standard InChI is InChI=1S/C18H16ClN3O6/c1-10-4-6-13(14(19)8-10)18(24)21-20-9-12-5-7-15(28-11(2)23)17(27-3)16(12)22(25)26/h4-9H,1-3H3,(H,21,24)/b20-9+. The average molecular weight is 406 g/mol. The van der Waals surface area contributed by atoms with Crippen molar-refractivity contribution < 1.29 is 24.0 Å². The van der Waals surface area contributed by atoms with E-state index in [1.807, 2.05) is 6.92 Å². The van der Waals surface area contributed by atoms with Crippen molar-refractivity contribution >= 4 is 35.4 Å². The van der Waals surface area contributed by atoms with Crippen LogP contribution in [0.25, 0.3) is 0 Å². The van der Waals surface area contributed by atoms with Crippen LogP contribution in [-0.2, 0) is 4.79 Å². The molecule has 0 aliphatic rings. The second-order valence-electron chi connectivity index (χ2n) is 5.57. The summed E-state index contributed by atoms with van der Waals surface area (Å²) in [5.41, 5.74) is 2.92. The molecule has 0 aromatic heterocycles. The Bertz CT molecular complexity index is 974. The fraction of sp³-hybridized carbons (Fsp3) is 0.167. The van der Waals surface area contributed by atoms with E-state index in [-0.39, 0.29) is 27.6 Å². The normalized spacial score (nSPS) is 10.6. The molecule has 28 heavy (non-hydrogen) atoms. The molecule has 0 saturated heterocycles. The highest BCUT2D eigenvalue weighted by Gasteiger charge is 2.25. The first-order chi connectivity index (χ1) is 13.2. The summed E-state index contributed by atoms with van der Waals surface area (Å²) in [6.07, 6.45) is 1.08. The molecule has 0 atom stereocenters. The highest BCUT2D eigenvalue weighted by atomic mass is 35.5. The number of hydrogen-bond acceptors (Lipinski definition) is 7. The van der Waals surface area contributed by atoms with Gasteiger partial charge >= 0.3 is 11.7 Å². The number of carbonyl (C=O) groups is 2.